The maximum atomic E-state index is 13.9. The van der Waals surface area contributed by atoms with Crippen molar-refractivity contribution in [1.29, 1.82) is 0 Å². The number of sulfonamides is 1. The van der Waals surface area contributed by atoms with Gasteiger partial charge < -0.3 is 20.8 Å². The summed E-state index contributed by atoms with van der Waals surface area (Å²) in [5, 5.41) is 26.1. The lowest BCUT2D eigenvalue weighted by atomic mass is 10.00. The second-order valence-corrected chi connectivity index (χ2v) is 11.7. The molecule has 4 N–H and O–H groups in total. The van der Waals surface area contributed by atoms with Crippen molar-refractivity contribution in [3.8, 4) is 0 Å². The number of nitrogens with one attached hydrogen (secondary N) is 2. The van der Waals surface area contributed by atoms with E-state index in [4.69, 9.17) is 5.11 Å². The molecule has 0 aliphatic carbocycles. The fourth-order valence-electron chi connectivity index (χ4n) is 4.34. The van der Waals surface area contributed by atoms with Gasteiger partial charge in [-0.05, 0) is 60.2 Å². The Hall–Kier alpha value is -3.45. The number of amides is 1. The topological polar surface area (TPSA) is 132 Å². The number of nitrogens with zero attached hydrogens (tertiary/aromatic N) is 2. The maximum absolute atomic E-state index is 13.9. The van der Waals surface area contributed by atoms with Gasteiger partial charge in [0, 0.05) is 44.1 Å². The summed E-state index contributed by atoms with van der Waals surface area (Å²) in [7, 11) is -3.75. The molecule has 0 spiro atoms. The molecule has 2 aromatic carbocycles. The smallest absolute Gasteiger partial charge is 0.251 e. The van der Waals surface area contributed by atoms with Crippen molar-refractivity contribution in [2.45, 2.75) is 44.9 Å². The zero-order chi connectivity index (χ0) is 30.0. The van der Waals surface area contributed by atoms with Gasteiger partial charge in [0.1, 0.15) is 17.5 Å². The van der Waals surface area contributed by atoms with E-state index in [1.54, 1.807) is 0 Å². The van der Waals surface area contributed by atoms with E-state index >= 15 is 0 Å². The molecule has 1 amide bonds. The van der Waals surface area contributed by atoms with E-state index in [9.17, 15) is 27.1 Å². The van der Waals surface area contributed by atoms with Crippen LogP contribution < -0.4 is 14.9 Å². The third-order valence-electron chi connectivity index (χ3n) is 6.42. The summed E-state index contributed by atoms with van der Waals surface area (Å²) in [5.74, 6) is -2.21. The number of aryl methyl sites for hydroxylation is 1. The predicted octanol–water partition coefficient (Wildman–Crippen LogP) is 2.56. The Morgan fingerprint density at radius 2 is 1.76 bits per heavy atom. The average molecular weight is 591 g/mol. The summed E-state index contributed by atoms with van der Waals surface area (Å²) in [6.45, 7) is 2.32. The van der Waals surface area contributed by atoms with Crippen LogP contribution in [0.15, 0.2) is 60.8 Å². The average Bonchev–Trinajstić information content (AvgIpc) is 2.92. The minimum absolute atomic E-state index is 0.00567. The summed E-state index contributed by atoms with van der Waals surface area (Å²) in [6.07, 6.45) is 2.11. The second kappa shape index (κ2) is 15.0. The Morgan fingerprint density at radius 1 is 1.05 bits per heavy atom. The number of anilines is 1. The minimum Gasteiger partial charge on any atom is -0.396 e. The number of carbonyl (C=O) groups is 1. The van der Waals surface area contributed by atoms with Crippen molar-refractivity contribution < 1.29 is 32.2 Å². The Kier molecular flexibility index (Phi) is 11.7. The van der Waals surface area contributed by atoms with Crippen LogP contribution in [-0.4, -0.2) is 67.6 Å². The summed E-state index contributed by atoms with van der Waals surface area (Å²) < 4.78 is 53.3. The first kappa shape index (κ1) is 32.1. The number of hydrogen-bond acceptors (Lipinski definition) is 7. The molecule has 0 radical (unpaired) electrons. The van der Waals surface area contributed by atoms with Gasteiger partial charge in [-0.1, -0.05) is 31.2 Å². The van der Waals surface area contributed by atoms with Gasteiger partial charge in [0.05, 0.1) is 18.4 Å². The highest BCUT2D eigenvalue weighted by atomic mass is 32.2. The fourth-order valence-corrected chi connectivity index (χ4v) is 5.24. The van der Waals surface area contributed by atoms with Gasteiger partial charge >= 0.3 is 0 Å². The van der Waals surface area contributed by atoms with Crippen molar-refractivity contribution in [3.05, 3.63) is 94.7 Å². The summed E-state index contributed by atoms with van der Waals surface area (Å²) >= 11 is 0. The Morgan fingerprint density at radius 3 is 2.41 bits per heavy atom. The van der Waals surface area contributed by atoms with E-state index in [1.165, 1.54) is 23.9 Å². The molecule has 1 heterocycles. The molecule has 0 aliphatic rings. The standard InChI is InChI=1S/C29H36F2N4O5S/c1-3-20-6-4-7-21(12-20)18-32-19-27(37)26(15-22-13-24(30)17-25(31)14-22)34-29(38)23-8-9-33-28(16-23)35(10-5-11-36)41(2,39)40/h4,6-9,12-14,16-17,26-27,32,36-37H,3,5,10-11,15,18-19H2,1-2H3,(H,34,38)/t26-,27+/m0/s1. The molecule has 0 bridgehead atoms. The van der Waals surface area contributed by atoms with E-state index in [2.05, 4.69) is 28.6 Å². The molecular formula is C29H36F2N4O5S. The van der Waals surface area contributed by atoms with E-state index in [1.807, 2.05) is 18.2 Å². The number of rotatable bonds is 15. The lowest BCUT2D eigenvalue weighted by molar-refractivity contribution is 0.0829. The van der Waals surface area contributed by atoms with E-state index in [0.29, 0.717) is 6.54 Å². The van der Waals surface area contributed by atoms with E-state index in [0.717, 1.165) is 40.7 Å². The van der Waals surface area contributed by atoms with E-state index < -0.39 is 39.7 Å². The van der Waals surface area contributed by atoms with Gasteiger partial charge in [-0.25, -0.2) is 22.2 Å². The van der Waals surface area contributed by atoms with Crippen LogP contribution in [-0.2, 0) is 29.4 Å². The van der Waals surface area contributed by atoms with Gasteiger partial charge in [-0.3, -0.25) is 9.10 Å². The summed E-state index contributed by atoms with van der Waals surface area (Å²) in [4.78, 5) is 17.3. The lowest BCUT2D eigenvalue weighted by Crippen LogP contribution is -2.48. The molecule has 41 heavy (non-hydrogen) atoms. The molecule has 222 valence electrons. The van der Waals surface area contributed by atoms with Crippen LogP contribution in [0, 0.1) is 11.6 Å². The predicted molar refractivity (Wildman–Crippen MR) is 153 cm³/mol. The number of hydrogen-bond donors (Lipinski definition) is 4. The van der Waals surface area contributed by atoms with Crippen LogP contribution in [0.5, 0.6) is 0 Å². The SMILES string of the molecule is CCc1cccc(CNC[C@@H](O)[C@H](Cc2cc(F)cc(F)c2)NC(=O)c2ccnc(N(CCCO)S(C)(=O)=O)c2)c1. The van der Waals surface area contributed by atoms with E-state index in [-0.39, 0.29) is 49.5 Å². The van der Waals surface area contributed by atoms with Crippen LogP contribution in [0.4, 0.5) is 14.6 Å². The molecule has 0 aliphatic heterocycles. The highest BCUT2D eigenvalue weighted by molar-refractivity contribution is 7.92. The van der Waals surface area contributed by atoms with Crippen molar-refractivity contribution >= 4 is 21.7 Å². The third kappa shape index (κ3) is 9.85. The molecule has 12 heteroatoms. The van der Waals surface area contributed by atoms with Crippen LogP contribution in [0.3, 0.4) is 0 Å². The Bertz CT molecular complexity index is 1400. The van der Waals surface area contributed by atoms with Crippen molar-refractivity contribution in [3.63, 3.8) is 0 Å². The highest BCUT2D eigenvalue weighted by Crippen LogP contribution is 2.18. The van der Waals surface area contributed by atoms with Gasteiger partial charge in [-0.15, -0.1) is 0 Å². The number of benzene rings is 2. The van der Waals surface area contributed by atoms with Crippen LogP contribution in [0.25, 0.3) is 0 Å². The number of halogens is 2. The molecule has 2 atom stereocenters. The van der Waals surface area contributed by atoms with Crippen LogP contribution in [0.2, 0.25) is 0 Å². The van der Waals surface area contributed by atoms with Crippen LogP contribution in [0.1, 0.15) is 40.4 Å². The molecule has 3 aromatic rings. The molecule has 0 unspecified atom stereocenters. The van der Waals surface area contributed by atoms with Crippen molar-refractivity contribution in [2.24, 2.45) is 0 Å². The maximum Gasteiger partial charge on any atom is 0.251 e. The van der Waals surface area contributed by atoms with Gasteiger partial charge in [0.2, 0.25) is 10.0 Å². The number of pyridine rings is 1. The van der Waals surface area contributed by atoms with Crippen LogP contribution >= 0.6 is 0 Å². The molecule has 9 nitrogen and oxygen atoms in total. The first-order valence-corrected chi connectivity index (χ1v) is 15.1. The van der Waals surface area contributed by atoms with Gasteiger partial charge in [0.25, 0.3) is 5.91 Å². The number of carbonyl (C=O) groups excluding carboxylic acids is 1. The minimum atomic E-state index is -3.75. The molecule has 0 saturated carbocycles. The molecule has 3 rings (SSSR count). The van der Waals surface area contributed by atoms with Crippen molar-refractivity contribution in [2.75, 3.05) is 30.3 Å². The highest BCUT2D eigenvalue weighted by Gasteiger charge is 2.25. The number of aliphatic hydroxyl groups is 2. The zero-order valence-corrected chi connectivity index (χ0v) is 23.9. The zero-order valence-electron chi connectivity index (χ0n) is 23.1. The first-order chi connectivity index (χ1) is 19.5. The van der Waals surface area contributed by atoms with Crippen molar-refractivity contribution in [1.82, 2.24) is 15.6 Å². The molecule has 0 saturated heterocycles. The number of aromatic nitrogens is 1. The molecule has 0 fully saturated rings. The largest absolute Gasteiger partial charge is 0.396 e. The normalized spacial score (nSPS) is 13.0. The lowest BCUT2D eigenvalue weighted by Gasteiger charge is -2.25. The first-order valence-electron chi connectivity index (χ1n) is 13.3. The Balaban J connectivity index is 1.79. The third-order valence-corrected chi connectivity index (χ3v) is 7.59. The van der Waals surface area contributed by atoms with Gasteiger partial charge in [-0.2, -0.15) is 0 Å². The Labute approximate surface area is 239 Å². The quantitative estimate of drug-likeness (QED) is 0.214. The summed E-state index contributed by atoms with van der Waals surface area (Å²) in [6, 6.07) is 12.7. The monoisotopic (exact) mass is 590 g/mol. The fraction of sp³-hybridized carbons (Fsp3) is 0.379. The second-order valence-electron chi connectivity index (χ2n) is 9.75. The summed E-state index contributed by atoms with van der Waals surface area (Å²) in [5.41, 5.74) is 2.50. The van der Waals surface area contributed by atoms with Gasteiger partial charge in [0.15, 0.2) is 0 Å². The molecule has 1 aromatic heterocycles. The molecular weight excluding hydrogens is 554 g/mol. The number of aliphatic hydroxyl groups excluding tert-OH is 2.